The fourth-order valence-corrected chi connectivity index (χ4v) is 3.49. The predicted molar refractivity (Wildman–Crippen MR) is 87.2 cm³/mol. The van der Waals surface area contributed by atoms with Crippen LogP contribution in [0.25, 0.3) is 0 Å². The molecule has 0 atom stereocenters. The molecule has 0 unspecified atom stereocenters. The van der Waals surface area contributed by atoms with Gasteiger partial charge in [0.25, 0.3) is 0 Å². The number of carbonyl (C=O) groups is 1. The van der Waals surface area contributed by atoms with Crippen molar-refractivity contribution in [2.45, 2.75) is 6.61 Å². The number of hydrogen-bond donors (Lipinski definition) is 1. The van der Waals surface area contributed by atoms with Crippen LogP contribution in [0.1, 0.15) is 15.9 Å². The smallest absolute Gasteiger partial charge is 0.335 e. The zero-order valence-electron chi connectivity index (χ0n) is 10.4. The summed E-state index contributed by atoms with van der Waals surface area (Å²) >= 11 is 9.83. The summed E-state index contributed by atoms with van der Waals surface area (Å²) in [6.45, 7) is 0.213. The average Bonchev–Trinajstić information content (AvgIpc) is 2.39. The van der Waals surface area contributed by atoms with Gasteiger partial charge in [0.1, 0.15) is 18.2 Å². The highest BCUT2D eigenvalue weighted by atomic mass is 79.9. The maximum absolute atomic E-state index is 13.0. The zero-order valence-corrected chi connectivity index (χ0v) is 15.1. The number of hydrogen-bond acceptors (Lipinski definition) is 2. The number of carboxylic acid groups (broad SMARTS) is 1. The molecular weight excluding hydrogens is 475 g/mol. The quantitative estimate of drug-likeness (QED) is 0.635. The van der Waals surface area contributed by atoms with Crippen molar-refractivity contribution in [3.05, 3.63) is 60.7 Å². The van der Waals surface area contributed by atoms with Crippen LogP contribution in [-0.4, -0.2) is 11.1 Å². The number of aromatic carboxylic acids is 1. The van der Waals surface area contributed by atoms with Gasteiger partial charge in [-0.25, -0.2) is 9.18 Å². The third kappa shape index (κ3) is 4.05. The lowest BCUT2D eigenvalue weighted by atomic mass is 10.2. The largest absolute Gasteiger partial charge is 0.486 e. The molecule has 0 spiro atoms. The first-order valence-electron chi connectivity index (χ1n) is 5.67. The van der Waals surface area contributed by atoms with E-state index < -0.39 is 5.97 Å². The molecule has 0 saturated heterocycles. The molecule has 2 aromatic carbocycles. The summed E-state index contributed by atoms with van der Waals surface area (Å²) in [6.07, 6.45) is 0. The minimum absolute atomic E-state index is 0.143. The van der Waals surface area contributed by atoms with Gasteiger partial charge >= 0.3 is 5.97 Å². The maximum Gasteiger partial charge on any atom is 0.335 e. The molecule has 3 nitrogen and oxygen atoms in total. The van der Waals surface area contributed by atoms with E-state index in [0.29, 0.717) is 19.2 Å². The monoisotopic (exact) mass is 480 g/mol. The lowest BCUT2D eigenvalue weighted by Gasteiger charge is -2.12. The van der Waals surface area contributed by atoms with Crippen LogP contribution in [0.2, 0.25) is 0 Å². The second-order valence-electron chi connectivity index (χ2n) is 4.10. The van der Waals surface area contributed by atoms with Gasteiger partial charge < -0.3 is 9.84 Å². The summed E-state index contributed by atoms with van der Waals surface area (Å²) in [5, 5.41) is 8.97. The SMILES string of the molecule is O=C(O)c1cc(Br)c(OCc2ccc(F)cc2Br)c(Br)c1. The highest BCUT2D eigenvalue weighted by molar-refractivity contribution is 9.11. The van der Waals surface area contributed by atoms with E-state index in [1.807, 2.05) is 0 Å². The van der Waals surface area contributed by atoms with E-state index in [0.717, 1.165) is 5.56 Å². The van der Waals surface area contributed by atoms with Gasteiger partial charge in [0, 0.05) is 10.0 Å². The second kappa shape index (κ2) is 6.89. The van der Waals surface area contributed by atoms with Crippen LogP contribution in [0.5, 0.6) is 5.75 Å². The molecule has 0 fully saturated rings. The van der Waals surface area contributed by atoms with Crippen molar-refractivity contribution in [2.24, 2.45) is 0 Å². The van der Waals surface area contributed by atoms with Gasteiger partial charge in [-0.05, 0) is 56.1 Å². The van der Waals surface area contributed by atoms with Crippen LogP contribution in [0.3, 0.4) is 0 Å². The molecule has 0 heterocycles. The molecule has 0 aromatic heterocycles. The number of ether oxygens (including phenoxy) is 1. The first-order valence-corrected chi connectivity index (χ1v) is 8.05. The van der Waals surface area contributed by atoms with Gasteiger partial charge in [-0.15, -0.1) is 0 Å². The molecule has 7 heteroatoms. The first-order chi connectivity index (χ1) is 9.88. The number of carboxylic acids is 1. The van der Waals surface area contributed by atoms with E-state index in [9.17, 15) is 9.18 Å². The highest BCUT2D eigenvalue weighted by Gasteiger charge is 2.13. The first kappa shape index (κ1) is 16.5. The Hall–Kier alpha value is -0.920. The Kier molecular flexibility index (Phi) is 5.40. The molecule has 2 aromatic rings. The molecule has 0 aliphatic carbocycles. The second-order valence-corrected chi connectivity index (χ2v) is 6.66. The van der Waals surface area contributed by atoms with Crippen molar-refractivity contribution in [1.29, 1.82) is 0 Å². The van der Waals surface area contributed by atoms with Crippen molar-refractivity contribution in [3.63, 3.8) is 0 Å². The Bertz CT molecular complexity index is 681. The summed E-state index contributed by atoms with van der Waals surface area (Å²) in [6, 6.07) is 7.24. The average molecular weight is 483 g/mol. The van der Waals surface area contributed by atoms with E-state index in [-0.39, 0.29) is 18.0 Å². The predicted octanol–water partition coefficient (Wildman–Crippen LogP) is 5.39. The van der Waals surface area contributed by atoms with Gasteiger partial charge in [0.2, 0.25) is 0 Å². The topological polar surface area (TPSA) is 46.5 Å². The molecule has 0 aliphatic rings. The van der Waals surface area contributed by atoms with E-state index in [2.05, 4.69) is 47.8 Å². The van der Waals surface area contributed by atoms with E-state index in [1.54, 1.807) is 6.07 Å². The van der Waals surface area contributed by atoms with Gasteiger partial charge in [-0.1, -0.05) is 22.0 Å². The summed E-state index contributed by atoms with van der Waals surface area (Å²) < 4.78 is 20.3. The van der Waals surface area contributed by atoms with Crippen molar-refractivity contribution in [3.8, 4) is 5.75 Å². The van der Waals surface area contributed by atoms with Crippen LogP contribution in [-0.2, 0) is 6.61 Å². The molecule has 0 bridgehead atoms. The Morgan fingerprint density at radius 2 is 1.71 bits per heavy atom. The van der Waals surface area contributed by atoms with E-state index in [1.165, 1.54) is 24.3 Å². The third-order valence-electron chi connectivity index (χ3n) is 2.63. The molecule has 0 radical (unpaired) electrons. The molecule has 0 amide bonds. The minimum atomic E-state index is -1.02. The van der Waals surface area contributed by atoms with E-state index in [4.69, 9.17) is 9.84 Å². The van der Waals surface area contributed by atoms with E-state index >= 15 is 0 Å². The Labute approximate surface area is 145 Å². The van der Waals surface area contributed by atoms with Crippen LogP contribution >= 0.6 is 47.8 Å². The zero-order chi connectivity index (χ0) is 15.6. The minimum Gasteiger partial charge on any atom is -0.486 e. The van der Waals surface area contributed by atoms with Crippen molar-refractivity contribution in [1.82, 2.24) is 0 Å². The molecule has 2 rings (SSSR count). The standard InChI is InChI=1S/C14H8Br3FO3/c15-10-5-9(18)2-1-7(10)6-21-13-11(16)3-8(14(19)20)4-12(13)17/h1-5H,6H2,(H,19,20). The Balaban J connectivity index is 2.22. The maximum atomic E-state index is 13.0. The number of benzene rings is 2. The molecule has 21 heavy (non-hydrogen) atoms. The molecule has 110 valence electrons. The summed E-state index contributed by atoms with van der Waals surface area (Å²) in [5.74, 6) is -0.876. The molecule has 0 saturated carbocycles. The normalized spacial score (nSPS) is 10.5. The number of rotatable bonds is 4. The van der Waals surface area contributed by atoms with Crippen molar-refractivity contribution >= 4 is 53.8 Å². The third-order valence-corrected chi connectivity index (χ3v) is 4.55. The summed E-state index contributed by atoms with van der Waals surface area (Å²) in [7, 11) is 0. The van der Waals surface area contributed by atoms with Gasteiger partial charge in [-0.2, -0.15) is 0 Å². The van der Waals surface area contributed by atoms with Crippen molar-refractivity contribution in [2.75, 3.05) is 0 Å². The molecule has 0 aliphatic heterocycles. The summed E-state index contributed by atoms with van der Waals surface area (Å²) in [4.78, 5) is 10.9. The lowest BCUT2D eigenvalue weighted by Crippen LogP contribution is -2.01. The van der Waals surface area contributed by atoms with Crippen molar-refractivity contribution < 1.29 is 19.0 Å². The van der Waals surface area contributed by atoms with Crippen LogP contribution < -0.4 is 4.74 Å². The number of halogens is 4. The molecular formula is C14H8Br3FO3. The summed E-state index contributed by atoms with van der Waals surface area (Å²) in [5.41, 5.74) is 0.918. The lowest BCUT2D eigenvalue weighted by molar-refractivity contribution is 0.0696. The molecule has 1 N–H and O–H groups in total. The van der Waals surface area contributed by atoms with Crippen LogP contribution in [0.4, 0.5) is 4.39 Å². The highest BCUT2D eigenvalue weighted by Crippen LogP contribution is 2.35. The Morgan fingerprint density at radius 1 is 1.10 bits per heavy atom. The van der Waals surface area contributed by atoms with Crippen LogP contribution in [0.15, 0.2) is 43.7 Å². The van der Waals surface area contributed by atoms with Gasteiger partial charge in [0.05, 0.1) is 14.5 Å². The Morgan fingerprint density at radius 3 is 2.24 bits per heavy atom. The van der Waals surface area contributed by atoms with Gasteiger partial charge in [0.15, 0.2) is 0 Å². The fraction of sp³-hybridized carbons (Fsp3) is 0.0714. The van der Waals surface area contributed by atoms with Crippen LogP contribution in [0, 0.1) is 5.82 Å². The van der Waals surface area contributed by atoms with Gasteiger partial charge in [-0.3, -0.25) is 0 Å². The fourth-order valence-electron chi connectivity index (χ4n) is 1.61.